The van der Waals surface area contributed by atoms with E-state index in [1.54, 1.807) is 15.5 Å². The van der Waals surface area contributed by atoms with Crippen molar-refractivity contribution in [2.45, 2.75) is 32.2 Å². The smallest absolute Gasteiger partial charge is 0.256 e. The Bertz CT molecular complexity index is 1360. The summed E-state index contributed by atoms with van der Waals surface area (Å²) in [6.07, 6.45) is 3.53. The van der Waals surface area contributed by atoms with E-state index in [9.17, 15) is 18.3 Å². The van der Waals surface area contributed by atoms with Gasteiger partial charge in [0.15, 0.2) is 5.65 Å². The van der Waals surface area contributed by atoms with E-state index < -0.39 is 10.0 Å². The number of aliphatic hydroxyl groups excluding tert-OH is 1. The molecule has 4 rings (SSSR count). The molecule has 2 N–H and O–H groups in total. The van der Waals surface area contributed by atoms with E-state index in [2.05, 4.69) is 9.71 Å². The van der Waals surface area contributed by atoms with E-state index >= 15 is 0 Å². The number of nitrogens with zero attached hydrogens (tertiary/aromatic N) is 5. The number of likely N-dealkylation sites (tertiary alicyclic amines) is 1. The summed E-state index contributed by atoms with van der Waals surface area (Å²) in [5.74, 6) is 0.413. The number of aliphatic hydroxyl groups is 1. The average Bonchev–Trinajstić information content (AvgIpc) is 3.24. The van der Waals surface area contributed by atoms with Crippen LogP contribution in [0.1, 0.15) is 47.1 Å². The lowest BCUT2D eigenvalue weighted by atomic mass is 9.98. The molecule has 10 nitrogen and oxygen atoms in total. The summed E-state index contributed by atoms with van der Waals surface area (Å²) < 4.78 is 27.9. The normalized spacial score (nSPS) is 16.5. The van der Waals surface area contributed by atoms with E-state index in [4.69, 9.17) is 16.7 Å². The SMILES string of the molecule is Cc1cc(N(C)CCO)nc2cc([C@@H]3CCCCN3C(=O)c3cc(Cl)ccc3NS(C)(=O)=O)nn12. The lowest BCUT2D eigenvalue weighted by molar-refractivity contribution is 0.0607. The average molecular weight is 521 g/mol. The molecule has 188 valence electrons. The van der Waals surface area contributed by atoms with Crippen LogP contribution >= 0.6 is 11.6 Å². The molecule has 1 fully saturated rings. The minimum Gasteiger partial charge on any atom is -0.395 e. The van der Waals surface area contributed by atoms with Gasteiger partial charge in [0.05, 0.1) is 35.8 Å². The number of anilines is 2. The van der Waals surface area contributed by atoms with E-state index in [1.807, 2.05) is 31.0 Å². The summed E-state index contributed by atoms with van der Waals surface area (Å²) >= 11 is 6.17. The highest BCUT2D eigenvalue weighted by Crippen LogP contribution is 2.34. The van der Waals surface area contributed by atoms with Crippen molar-refractivity contribution in [3.63, 3.8) is 0 Å². The number of likely N-dealkylation sites (N-methyl/N-ethyl adjacent to an activating group) is 1. The van der Waals surface area contributed by atoms with Crippen molar-refractivity contribution in [1.82, 2.24) is 19.5 Å². The van der Waals surface area contributed by atoms with E-state index in [-0.39, 0.29) is 29.8 Å². The second-order valence-corrected chi connectivity index (χ2v) is 11.0. The molecule has 0 bridgehead atoms. The maximum atomic E-state index is 13.7. The molecule has 1 atom stereocenters. The molecule has 12 heteroatoms. The van der Waals surface area contributed by atoms with Crippen LogP contribution in [0.3, 0.4) is 0 Å². The molecule has 3 heterocycles. The molecular weight excluding hydrogens is 492 g/mol. The van der Waals surface area contributed by atoms with Gasteiger partial charge in [0, 0.05) is 43.0 Å². The molecule has 0 spiro atoms. The van der Waals surface area contributed by atoms with E-state index in [1.165, 1.54) is 12.1 Å². The minimum absolute atomic E-state index is 0.0196. The number of rotatable bonds is 7. The zero-order chi connectivity index (χ0) is 25.3. The van der Waals surface area contributed by atoms with Crippen molar-refractivity contribution in [2.24, 2.45) is 0 Å². The second kappa shape index (κ2) is 10.00. The Balaban J connectivity index is 1.71. The van der Waals surface area contributed by atoms with E-state index in [0.717, 1.165) is 42.7 Å². The number of nitrogens with one attached hydrogen (secondary N) is 1. The molecule has 0 radical (unpaired) electrons. The van der Waals surface area contributed by atoms with Crippen molar-refractivity contribution in [3.05, 3.63) is 52.3 Å². The lowest BCUT2D eigenvalue weighted by Gasteiger charge is -2.35. The lowest BCUT2D eigenvalue weighted by Crippen LogP contribution is -2.39. The number of benzene rings is 1. The summed E-state index contributed by atoms with van der Waals surface area (Å²) in [5, 5.41) is 14.4. The molecule has 1 aromatic carbocycles. The zero-order valence-electron chi connectivity index (χ0n) is 19.9. The van der Waals surface area contributed by atoms with Crippen LogP contribution in [-0.2, 0) is 10.0 Å². The van der Waals surface area contributed by atoms with Crippen LogP contribution in [0.2, 0.25) is 5.02 Å². The fourth-order valence-corrected chi connectivity index (χ4v) is 5.12. The van der Waals surface area contributed by atoms with Crippen LogP contribution in [0.4, 0.5) is 11.5 Å². The van der Waals surface area contributed by atoms with Crippen LogP contribution in [0.25, 0.3) is 5.65 Å². The van der Waals surface area contributed by atoms with Crippen LogP contribution in [0, 0.1) is 6.92 Å². The Kier molecular flexibility index (Phi) is 7.20. The number of aromatic nitrogens is 3. The molecule has 35 heavy (non-hydrogen) atoms. The topological polar surface area (TPSA) is 120 Å². The molecule has 1 aliphatic rings. The molecule has 0 saturated carbocycles. The Morgan fingerprint density at radius 1 is 1.29 bits per heavy atom. The van der Waals surface area contributed by atoms with Gasteiger partial charge in [0.1, 0.15) is 5.82 Å². The third kappa shape index (κ3) is 5.52. The standard InChI is InChI=1S/C23H29ClN6O4S/c1-15-12-21(28(2)10-11-31)25-22-14-19(26-30(15)22)20-6-4-5-9-29(20)23(32)17-13-16(24)7-8-18(17)27-35(3,33)34/h7-8,12-14,20,27,31H,4-6,9-11H2,1-3H3/t20-/m0/s1. The van der Waals surface area contributed by atoms with Gasteiger partial charge < -0.3 is 14.9 Å². The first kappa shape index (κ1) is 25.2. The molecule has 3 aromatic rings. The van der Waals surface area contributed by atoms with Gasteiger partial charge in [0.25, 0.3) is 5.91 Å². The second-order valence-electron chi connectivity index (χ2n) is 8.81. The van der Waals surface area contributed by atoms with E-state index in [0.29, 0.717) is 23.8 Å². The molecule has 1 aliphatic heterocycles. The van der Waals surface area contributed by atoms with Crippen LogP contribution in [-0.4, -0.2) is 71.9 Å². The van der Waals surface area contributed by atoms with Crippen LogP contribution in [0.5, 0.6) is 0 Å². The van der Waals surface area contributed by atoms with Crippen molar-refractivity contribution in [2.75, 3.05) is 42.6 Å². The van der Waals surface area contributed by atoms with Gasteiger partial charge in [0.2, 0.25) is 10.0 Å². The highest BCUT2D eigenvalue weighted by Gasteiger charge is 2.32. The number of fused-ring (bicyclic) bond motifs is 1. The number of carbonyl (C=O) groups is 1. The Morgan fingerprint density at radius 3 is 2.77 bits per heavy atom. The first-order chi connectivity index (χ1) is 16.6. The maximum Gasteiger partial charge on any atom is 0.256 e. The van der Waals surface area contributed by atoms with Gasteiger partial charge >= 0.3 is 0 Å². The molecular formula is C23H29ClN6O4S. The summed E-state index contributed by atoms with van der Waals surface area (Å²) in [7, 11) is -1.73. The van der Waals surface area contributed by atoms with Gasteiger partial charge in [-0.2, -0.15) is 5.10 Å². The third-order valence-corrected chi connectivity index (χ3v) is 6.88. The molecule has 0 unspecified atom stereocenters. The van der Waals surface area contributed by atoms with Gasteiger partial charge in [-0.1, -0.05) is 11.6 Å². The predicted octanol–water partition coefficient (Wildman–Crippen LogP) is 2.86. The van der Waals surface area contributed by atoms with Gasteiger partial charge in [-0.05, 0) is 44.4 Å². The van der Waals surface area contributed by atoms with Crippen molar-refractivity contribution in [3.8, 4) is 0 Å². The highest BCUT2D eigenvalue weighted by atomic mass is 35.5. The maximum absolute atomic E-state index is 13.7. The largest absolute Gasteiger partial charge is 0.395 e. The Morgan fingerprint density at radius 2 is 2.06 bits per heavy atom. The summed E-state index contributed by atoms with van der Waals surface area (Å²) in [6.45, 7) is 2.92. The van der Waals surface area contributed by atoms with Crippen molar-refractivity contribution in [1.29, 1.82) is 0 Å². The predicted molar refractivity (Wildman–Crippen MR) is 136 cm³/mol. The van der Waals surface area contributed by atoms with Crippen molar-refractivity contribution >= 4 is 44.7 Å². The fraction of sp³-hybridized carbons (Fsp3) is 0.435. The van der Waals surface area contributed by atoms with Crippen molar-refractivity contribution < 1.29 is 18.3 Å². The number of amides is 1. The quantitative estimate of drug-likeness (QED) is 0.491. The number of carbonyl (C=O) groups excluding carboxylic acids is 1. The monoisotopic (exact) mass is 520 g/mol. The number of halogens is 1. The number of hydrogen-bond acceptors (Lipinski definition) is 7. The summed E-state index contributed by atoms with van der Waals surface area (Å²) in [6, 6.07) is 8.02. The number of piperidine rings is 1. The number of sulfonamides is 1. The van der Waals surface area contributed by atoms with Gasteiger partial charge in [-0.25, -0.2) is 17.9 Å². The molecule has 1 amide bonds. The molecule has 2 aromatic heterocycles. The highest BCUT2D eigenvalue weighted by molar-refractivity contribution is 7.92. The Labute approximate surface area is 209 Å². The Hall–Kier alpha value is -2.89. The van der Waals surface area contributed by atoms with Gasteiger partial charge in [-0.15, -0.1) is 0 Å². The minimum atomic E-state index is -3.59. The summed E-state index contributed by atoms with van der Waals surface area (Å²) in [4.78, 5) is 22.0. The number of aryl methyl sites for hydroxylation is 1. The molecule has 0 aliphatic carbocycles. The first-order valence-corrected chi connectivity index (χ1v) is 13.6. The zero-order valence-corrected chi connectivity index (χ0v) is 21.5. The summed E-state index contributed by atoms with van der Waals surface area (Å²) in [5.41, 5.74) is 2.63. The number of hydrogen-bond donors (Lipinski definition) is 2. The van der Waals surface area contributed by atoms with Gasteiger partial charge in [-0.3, -0.25) is 9.52 Å². The first-order valence-electron chi connectivity index (χ1n) is 11.3. The molecule has 1 saturated heterocycles. The van der Waals surface area contributed by atoms with Crippen LogP contribution < -0.4 is 9.62 Å². The fourth-order valence-electron chi connectivity index (χ4n) is 4.37. The van der Waals surface area contributed by atoms with Crippen LogP contribution in [0.15, 0.2) is 30.3 Å². The third-order valence-electron chi connectivity index (χ3n) is 6.05.